The molecule has 3 aromatic rings. The number of carbonyl (C=O) groups is 1. The molecule has 0 aliphatic heterocycles. The molecule has 0 spiro atoms. The Balaban J connectivity index is 2.13. The first-order chi connectivity index (χ1) is 10.1. The molecule has 0 saturated carbocycles. The summed E-state index contributed by atoms with van der Waals surface area (Å²) in [6.45, 7) is 0. The Morgan fingerprint density at radius 1 is 1.29 bits per heavy atom. The van der Waals surface area contributed by atoms with Gasteiger partial charge in [0.1, 0.15) is 5.15 Å². The number of anilines is 1. The molecule has 2 N–H and O–H groups in total. The van der Waals surface area contributed by atoms with Crippen LogP contribution >= 0.6 is 11.6 Å². The molecule has 6 nitrogen and oxygen atoms in total. The summed E-state index contributed by atoms with van der Waals surface area (Å²) in [5.74, 6) is -0.547. The summed E-state index contributed by atoms with van der Waals surface area (Å²) < 4.78 is 6.10. The molecule has 0 fully saturated rings. The molecule has 0 bridgehead atoms. The van der Waals surface area contributed by atoms with Crippen LogP contribution in [0.4, 0.5) is 5.69 Å². The van der Waals surface area contributed by atoms with E-state index in [1.54, 1.807) is 18.2 Å². The first-order valence-electron chi connectivity index (χ1n) is 6.09. The molecule has 0 saturated heterocycles. The minimum Gasteiger partial charge on any atom is -0.464 e. The number of ether oxygens (including phenoxy) is 1. The number of methoxy groups -OCH3 is 1. The minimum absolute atomic E-state index is 0.138. The number of aromatic nitrogens is 3. The average molecular weight is 303 g/mol. The normalized spacial score (nSPS) is 10.8. The van der Waals surface area contributed by atoms with Crippen LogP contribution in [0, 0.1) is 0 Å². The molecule has 1 aromatic carbocycles. The van der Waals surface area contributed by atoms with Gasteiger partial charge in [-0.2, -0.15) is 5.10 Å². The van der Waals surface area contributed by atoms with Crippen LogP contribution < -0.4 is 5.73 Å². The monoisotopic (exact) mass is 302 g/mol. The van der Waals surface area contributed by atoms with E-state index in [1.165, 1.54) is 17.7 Å². The maximum Gasteiger partial charge on any atom is 0.356 e. The molecule has 2 heterocycles. The van der Waals surface area contributed by atoms with E-state index in [2.05, 4.69) is 14.8 Å². The van der Waals surface area contributed by atoms with E-state index in [-0.39, 0.29) is 10.8 Å². The summed E-state index contributed by atoms with van der Waals surface area (Å²) in [5.41, 5.74) is 8.51. The minimum atomic E-state index is -0.547. The molecule has 0 atom stereocenters. The van der Waals surface area contributed by atoms with E-state index < -0.39 is 5.97 Å². The second-order valence-electron chi connectivity index (χ2n) is 4.38. The number of nitrogens with two attached hydrogens (primary N) is 1. The molecule has 7 heteroatoms. The first-order valence-corrected chi connectivity index (χ1v) is 6.47. The van der Waals surface area contributed by atoms with E-state index in [0.29, 0.717) is 17.0 Å². The van der Waals surface area contributed by atoms with E-state index in [0.717, 1.165) is 5.56 Å². The number of hydrogen-bond acceptors (Lipinski definition) is 5. The maximum absolute atomic E-state index is 11.5. The molecule has 0 amide bonds. The van der Waals surface area contributed by atoms with Crippen LogP contribution in [0.3, 0.4) is 0 Å². The van der Waals surface area contributed by atoms with Gasteiger partial charge in [0.25, 0.3) is 0 Å². The van der Waals surface area contributed by atoms with Crippen LogP contribution in [-0.4, -0.2) is 27.7 Å². The third-order valence-corrected chi connectivity index (χ3v) is 3.25. The van der Waals surface area contributed by atoms with Crippen molar-refractivity contribution in [3.8, 4) is 11.3 Å². The topological polar surface area (TPSA) is 82.5 Å². The van der Waals surface area contributed by atoms with Crippen molar-refractivity contribution in [3.05, 3.63) is 47.2 Å². The van der Waals surface area contributed by atoms with Crippen molar-refractivity contribution in [2.24, 2.45) is 0 Å². The standard InChI is InChI=1S/C14H11ClN4O2/c1-21-14(20)11-6-12(15)19-13(17-11)7-10(18-19)8-2-4-9(16)5-3-8/h2-7H,16H2,1H3. The zero-order valence-corrected chi connectivity index (χ0v) is 11.8. The van der Waals surface area contributed by atoms with Gasteiger partial charge in [0.2, 0.25) is 0 Å². The second kappa shape index (κ2) is 5.06. The van der Waals surface area contributed by atoms with Crippen LogP contribution in [0.15, 0.2) is 36.4 Å². The fraction of sp³-hybridized carbons (Fsp3) is 0.0714. The van der Waals surface area contributed by atoms with Gasteiger partial charge in [-0.05, 0) is 12.1 Å². The summed E-state index contributed by atoms with van der Waals surface area (Å²) in [6.07, 6.45) is 0. The highest BCUT2D eigenvalue weighted by Crippen LogP contribution is 2.22. The highest BCUT2D eigenvalue weighted by atomic mass is 35.5. The molecule has 2 aromatic heterocycles. The largest absolute Gasteiger partial charge is 0.464 e. The molecule has 0 aliphatic carbocycles. The summed E-state index contributed by atoms with van der Waals surface area (Å²) in [4.78, 5) is 15.7. The Morgan fingerprint density at radius 3 is 2.67 bits per heavy atom. The lowest BCUT2D eigenvalue weighted by atomic mass is 10.1. The summed E-state index contributed by atoms with van der Waals surface area (Å²) >= 11 is 6.12. The van der Waals surface area contributed by atoms with Gasteiger partial charge >= 0.3 is 5.97 Å². The van der Waals surface area contributed by atoms with Gasteiger partial charge in [0.15, 0.2) is 11.3 Å². The third kappa shape index (κ3) is 2.41. The van der Waals surface area contributed by atoms with Crippen LogP contribution in [0.2, 0.25) is 5.15 Å². The van der Waals surface area contributed by atoms with Crippen molar-refractivity contribution < 1.29 is 9.53 Å². The van der Waals surface area contributed by atoms with Gasteiger partial charge in [-0.25, -0.2) is 14.3 Å². The molecular weight excluding hydrogens is 292 g/mol. The van der Waals surface area contributed by atoms with Gasteiger partial charge in [-0.15, -0.1) is 0 Å². The Kier molecular flexibility index (Phi) is 3.23. The summed E-state index contributed by atoms with van der Waals surface area (Å²) in [7, 11) is 1.29. The van der Waals surface area contributed by atoms with E-state index in [9.17, 15) is 4.79 Å². The van der Waals surface area contributed by atoms with Gasteiger partial charge in [-0.1, -0.05) is 23.7 Å². The van der Waals surface area contributed by atoms with Crippen molar-refractivity contribution >= 4 is 28.9 Å². The molecule has 0 unspecified atom stereocenters. The highest BCUT2D eigenvalue weighted by molar-refractivity contribution is 6.30. The van der Waals surface area contributed by atoms with Crippen molar-refractivity contribution in [3.63, 3.8) is 0 Å². The zero-order valence-electron chi connectivity index (χ0n) is 11.1. The van der Waals surface area contributed by atoms with Crippen LogP contribution in [0.25, 0.3) is 16.9 Å². The van der Waals surface area contributed by atoms with Gasteiger partial charge in [-0.3, -0.25) is 0 Å². The Hall–Kier alpha value is -2.60. The number of hydrogen-bond donors (Lipinski definition) is 1. The Morgan fingerprint density at radius 2 is 2.00 bits per heavy atom. The van der Waals surface area contributed by atoms with Gasteiger partial charge in [0, 0.05) is 23.4 Å². The van der Waals surface area contributed by atoms with Crippen LogP contribution in [0.5, 0.6) is 0 Å². The van der Waals surface area contributed by atoms with Crippen LogP contribution in [0.1, 0.15) is 10.5 Å². The number of nitrogens with zero attached hydrogens (tertiary/aromatic N) is 3. The quantitative estimate of drug-likeness (QED) is 0.446. The van der Waals surface area contributed by atoms with E-state index in [4.69, 9.17) is 17.3 Å². The fourth-order valence-corrected chi connectivity index (χ4v) is 2.17. The smallest absolute Gasteiger partial charge is 0.356 e. The molecular formula is C14H11ClN4O2. The molecule has 106 valence electrons. The summed E-state index contributed by atoms with van der Waals surface area (Å²) in [5, 5.41) is 4.65. The summed E-state index contributed by atoms with van der Waals surface area (Å²) in [6, 6.07) is 10.4. The number of fused-ring (bicyclic) bond motifs is 1. The van der Waals surface area contributed by atoms with Crippen molar-refractivity contribution in [1.82, 2.24) is 14.6 Å². The maximum atomic E-state index is 11.5. The van der Waals surface area contributed by atoms with E-state index in [1.807, 2.05) is 12.1 Å². The van der Waals surface area contributed by atoms with E-state index >= 15 is 0 Å². The number of rotatable bonds is 2. The second-order valence-corrected chi connectivity index (χ2v) is 4.76. The van der Waals surface area contributed by atoms with Crippen molar-refractivity contribution in [2.45, 2.75) is 0 Å². The first kappa shape index (κ1) is 13.4. The van der Waals surface area contributed by atoms with Crippen molar-refractivity contribution in [2.75, 3.05) is 12.8 Å². The molecule has 21 heavy (non-hydrogen) atoms. The average Bonchev–Trinajstić information content (AvgIpc) is 2.91. The zero-order chi connectivity index (χ0) is 15.0. The Labute approximate surface area is 125 Å². The molecule has 0 aliphatic rings. The molecule has 3 rings (SSSR count). The lowest BCUT2D eigenvalue weighted by Crippen LogP contribution is -2.06. The highest BCUT2D eigenvalue weighted by Gasteiger charge is 2.14. The predicted octanol–water partition coefficient (Wildman–Crippen LogP) is 2.42. The fourth-order valence-electron chi connectivity index (χ4n) is 1.94. The number of esters is 1. The number of halogens is 1. The van der Waals surface area contributed by atoms with Crippen molar-refractivity contribution in [1.29, 1.82) is 0 Å². The lowest BCUT2D eigenvalue weighted by molar-refractivity contribution is 0.0594. The predicted molar refractivity (Wildman–Crippen MR) is 79.2 cm³/mol. The number of carbonyl (C=O) groups excluding carboxylic acids is 1. The lowest BCUT2D eigenvalue weighted by Gasteiger charge is -2.00. The van der Waals surface area contributed by atoms with Crippen LogP contribution in [-0.2, 0) is 4.74 Å². The number of benzene rings is 1. The Bertz CT molecular complexity index is 827. The SMILES string of the molecule is COC(=O)c1cc(Cl)n2nc(-c3ccc(N)cc3)cc2n1. The molecule has 0 radical (unpaired) electrons. The van der Waals surface area contributed by atoms with Gasteiger partial charge < -0.3 is 10.5 Å². The van der Waals surface area contributed by atoms with Gasteiger partial charge in [0.05, 0.1) is 12.8 Å². The third-order valence-electron chi connectivity index (χ3n) is 2.98. The number of nitrogen functional groups attached to an aromatic ring is 1.